The fourth-order valence-corrected chi connectivity index (χ4v) is 6.67. The number of nitrogens with zero attached hydrogens (tertiary/aromatic N) is 3. The molecule has 0 atom stereocenters. The van der Waals surface area contributed by atoms with E-state index in [-0.39, 0.29) is 28.4 Å². The quantitative estimate of drug-likeness (QED) is 0.103. The van der Waals surface area contributed by atoms with Gasteiger partial charge in [0.25, 0.3) is 11.8 Å². The highest BCUT2D eigenvalue weighted by molar-refractivity contribution is 8.14. The van der Waals surface area contributed by atoms with E-state index < -0.39 is 11.8 Å². The smallest absolute Gasteiger partial charge is 0.285 e. The lowest BCUT2D eigenvalue weighted by molar-refractivity contribution is -0.126. The number of allylic oxidation sites excluding steroid dienone is 4. The molecule has 0 radical (unpaired) electrons. The number of thioether (sulfide) groups is 1. The van der Waals surface area contributed by atoms with E-state index in [1.807, 2.05) is 106 Å². The van der Waals surface area contributed by atoms with Gasteiger partial charge in [0, 0.05) is 27.8 Å². The molecule has 3 amide bonds. The molecule has 248 valence electrons. The summed E-state index contributed by atoms with van der Waals surface area (Å²) in [5.41, 5.74) is 6.56. The fourth-order valence-electron chi connectivity index (χ4n) is 5.69. The Morgan fingerprint density at radius 3 is 2.24 bits per heavy atom. The Morgan fingerprint density at radius 1 is 0.980 bits per heavy atom. The van der Waals surface area contributed by atoms with E-state index in [1.54, 1.807) is 37.3 Å². The highest BCUT2D eigenvalue weighted by Crippen LogP contribution is 2.31. The second-order valence-electron chi connectivity index (χ2n) is 11.4. The van der Waals surface area contributed by atoms with Crippen LogP contribution in [-0.4, -0.2) is 38.1 Å². The van der Waals surface area contributed by atoms with E-state index in [2.05, 4.69) is 21.5 Å². The summed E-state index contributed by atoms with van der Waals surface area (Å²) in [4.78, 5) is 46.9. The van der Waals surface area contributed by atoms with Gasteiger partial charge in [0.15, 0.2) is 5.17 Å². The van der Waals surface area contributed by atoms with Gasteiger partial charge in [0.1, 0.15) is 5.57 Å². The number of hydrogen-bond donors (Lipinski definition) is 1. The maximum Gasteiger partial charge on any atom is 0.285 e. The van der Waals surface area contributed by atoms with Crippen LogP contribution >= 0.6 is 23.4 Å². The first kappa shape index (κ1) is 35.1. The average molecular weight is 689 g/mol. The van der Waals surface area contributed by atoms with Crippen molar-refractivity contribution in [2.45, 2.75) is 33.7 Å². The van der Waals surface area contributed by atoms with Gasteiger partial charge in [0.05, 0.1) is 11.8 Å². The van der Waals surface area contributed by atoms with Crippen molar-refractivity contribution >= 4 is 52.3 Å². The minimum absolute atomic E-state index is 0.0760. The van der Waals surface area contributed by atoms with Gasteiger partial charge in [-0.3, -0.25) is 19.3 Å². The SMILES string of the molecule is C=C/C=C\C(=C/C)N1C(=O)/C(=C/c2cc(C)n(-c3cccc(Cl)c3C)c2C)C(=O)N=C1SCC(=O)NC(c1ccccc1)c1ccccc1. The monoisotopic (exact) mass is 688 g/mol. The summed E-state index contributed by atoms with van der Waals surface area (Å²) in [5, 5.41) is 3.87. The van der Waals surface area contributed by atoms with Gasteiger partial charge in [-0.2, -0.15) is 4.99 Å². The number of amides is 3. The van der Waals surface area contributed by atoms with Crippen LogP contribution in [0, 0.1) is 20.8 Å². The summed E-state index contributed by atoms with van der Waals surface area (Å²) >= 11 is 7.45. The summed E-state index contributed by atoms with van der Waals surface area (Å²) in [7, 11) is 0. The van der Waals surface area contributed by atoms with Crippen molar-refractivity contribution in [1.82, 2.24) is 14.8 Å². The topological polar surface area (TPSA) is 83.8 Å². The largest absolute Gasteiger partial charge is 0.344 e. The van der Waals surface area contributed by atoms with Crippen LogP contribution in [0.1, 0.15) is 46.6 Å². The lowest BCUT2D eigenvalue weighted by atomic mass is 9.99. The molecular weight excluding hydrogens is 652 g/mol. The zero-order chi connectivity index (χ0) is 35.1. The molecule has 1 N–H and O–H groups in total. The number of carbonyl (C=O) groups excluding carboxylic acids is 3. The number of aromatic nitrogens is 1. The highest BCUT2D eigenvalue weighted by atomic mass is 35.5. The van der Waals surface area contributed by atoms with Crippen LogP contribution in [0.2, 0.25) is 5.02 Å². The molecule has 7 nitrogen and oxygen atoms in total. The van der Waals surface area contributed by atoms with Crippen LogP contribution in [0.5, 0.6) is 0 Å². The molecule has 1 aliphatic rings. The first-order valence-corrected chi connectivity index (χ1v) is 17.1. The Balaban J connectivity index is 1.46. The maximum atomic E-state index is 14.2. The second kappa shape index (κ2) is 15.8. The maximum absolute atomic E-state index is 14.2. The van der Waals surface area contributed by atoms with Crippen molar-refractivity contribution in [3.63, 3.8) is 0 Å². The minimum Gasteiger partial charge on any atom is -0.344 e. The third kappa shape index (κ3) is 7.77. The van der Waals surface area contributed by atoms with Gasteiger partial charge in [-0.15, -0.1) is 0 Å². The molecule has 4 aromatic rings. The van der Waals surface area contributed by atoms with Crippen molar-refractivity contribution in [3.05, 3.63) is 166 Å². The lowest BCUT2D eigenvalue weighted by Gasteiger charge is -2.28. The normalized spacial score (nSPS) is 14.6. The Hall–Kier alpha value is -5.18. The highest BCUT2D eigenvalue weighted by Gasteiger charge is 2.35. The third-order valence-corrected chi connectivity index (χ3v) is 9.51. The van der Waals surface area contributed by atoms with Crippen molar-refractivity contribution in [1.29, 1.82) is 0 Å². The van der Waals surface area contributed by atoms with Gasteiger partial charge in [-0.05, 0) is 80.3 Å². The summed E-state index contributed by atoms with van der Waals surface area (Å²) in [5.74, 6) is -1.57. The molecule has 1 aromatic heterocycles. The summed E-state index contributed by atoms with van der Waals surface area (Å²) < 4.78 is 2.05. The van der Waals surface area contributed by atoms with Gasteiger partial charge in [-0.25, -0.2) is 0 Å². The predicted molar refractivity (Wildman–Crippen MR) is 201 cm³/mol. The zero-order valence-electron chi connectivity index (χ0n) is 27.8. The van der Waals surface area contributed by atoms with Crippen molar-refractivity contribution in [2.24, 2.45) is 4.99 Å². The van der Waals surface area contributed by atoms with Crippen LogP contribution in [0.25, 0.3) is 11.8 Å². The number of hydrogen-bond acceptors (Lipinski definition) is 4. The lowest BCUT2D eigenvalue weighted by Crippen LogP contribution is -2.42. The first-order chi connectivity index (χ1) is 23.6. The fraction of sp³-hybridized carbons (Fsp3) is 0.150. The molecule has 3 aromatic carbocycles. The Kier molecular flexibility index (Phi) is 11.3. The molecule has 0 bridgehead atoms. The van der Waals surface area contributed by atoms with Crippen molar-refractivity contribution in [3.8, 4) is 5.69 Å². The van der Waals surface area contributed by atoms with Crippen LogP contribution < -0.4 is 5.32 Å². The molecule has 0 spiro atoms. The number of rotatable bonds is 10. The van der Waals surface area contributed by atoms with Crippen LogP contribution in [-0.2, 0) is 14.4 Å². The van der Waals surface area contributed by atoms with Crippen LogP contribution in [0.3, 0.4) is 0 Å². The van der Waals surface area contributed by atoms with E-state index in [0.29, 0.717) is 16.3 Å². The van der Waals surface area contributed by atoms with Crippen molar-refractivity contribution in [2.75, 3.05) is 5.75 Å². The molecule has 0 aliphatic carbocycles. The molecule has 1 aliphatic heterocycles. The number of aliphatic imine (C=N–C) groups is 1. The molecule has 2 heterocycles. The minimum atomic E-state index is -0.678. The van der Waals surface area contributed by atoms with Gasteiger partial charge in [0.2, 0.25) is 5.91 Å². The van der Waals surface area contributed by atoms with Crippen LogP contribution in [0.4, 0.5) is 0 Å². The Labute approximate surface area is 296 Å². The summed E-state index contributed by atoms with van der Waals surface area (Å²) in [6.45, 7) is 11.4. The molecule has 0 saturated carbocycles. The number of halogens is 1. The van der Waals surface area contributed by atoms with E-state index in [9.17, 15) is 14.4 Å². The van der Waals surface area contributed by atoms with E-state index in [4.69, 9.17) is 11.6 Å². The molecule has 49 heavy (non-hydrogen) atoms. The zero-order valence-corrected chi connectivity index (χ0v) is 29.4. The van der Waals surface area contributed by atoms with E-state index in [0.717, 1.165) is 45.5 Å². The predicted octanol–water partition coefficient (Wildman–Crippen LogP) is 8.45. The molecule has 0 fully saturated rings. The molecule has 9 heteroatoms. The number of nitrogens with one attached hydrogen (secondary N) is 1. The standard InChI is InChI=1S/C40H37ClN4O3S/c1-6-8-20-32(7-2)45-39(48)33(24-31-23-26(3)44(28(31)5)35-22-15-21-34(41)27(35)4)38(47)43-40(45)49-25-36(46)42-37(29-16-11-9-12-17-29)30-18-13-10-14-19-30/h6-24,37H,1,25H2,2-5H3,(H,42,46)/b20-8-,32-7+,33-24+. The van der Waals surface area contributed by atoms with Gasteiger partial charge in [-0.1, -0.05) is 115 Å². The number of amidine groups is 1. The summed E-state index contributed by atoms with van der Waals surface area (Å²) in [6.07, 6.45) is 8.34. The average Bonchev–Trinajstić information content (AvgIpc) is 3.39. The third-order valence-electron chi connectivity index (χ3n) is 8.16. The molecule has 0 unspecified atom stereocenters. The molecular formula is C40H37ClN4O3S. The van der Waals surface area contributed by atoms with E-state index in [1.165, 1.54) is 4.90 Å². The summed E-state index contributed by atoms with van der Waals surface area (Å²) in [6, 6.07) is 26.6. The second-order valence-corrected chi connectivity index (χ2v) is 12.7. The van der Waals surface area contributed by atoms with Gasteiger partial charge < -0.3 is 9.88 Å². The first-order valence-electron chi connectivity index (χ1n) is 15.8. The van der Waals surface area contributed by atoms with Crippen molar-refractivity contribution < 1.29 is 14.4 Å². The Bertz CT molecular complexity index is 1990. The number of aryl methyl sites for hydroxylation is 1. The van der Waals surface area contributed by atoms with Gasteiger partial charge >= 0.3 is 0 Å². The molecule has 5 rings (SSSR count). The Morgan fingerprint density at radius 2 is 1.63 bits per heavy atom. The number of carbonyl (C=O) groups is 3. The number of benzene rings is 3. The van der Waals surface area contributed by atoms with E-state index >= 15 is 0 Å². The van der Waals surface area contributed by atoms with Crippen LogP contribution in [0.15, 0.2) is 132 Å². The molecule has 0 saturated heterocycles.